The maximum atomic E-state index is 5.59. The van der Waals surface area contributed by atoms with Crippen LogP contribution in [0.2, 0.25) is 0 Å². The van der Waals surface area contributed by atoms with Crippen LogP contribution >= 0.6 is 0 Å². The molecule has 1 rings (SSSR count). The maximum absolute atomic E-state index is 5.59. The summed E-state index contributed by atoms with van der Waals surface area (Å²) in [7, 11) is 2.24. The second-order valence-corrected chi connectivity index (χ2v) is 4.55. The summed E-state index contributed by atoms with van der Waals surface area (Å²) in [6, 6.07) is 0.706. The number of nitrogens with two attached hydrogens (primary N) is 1. The van der Waals surface area contributed by atoms with Gasteiger partial charge in [0.2, 0.25) is 0 Å². The lowest BCUT2D eigenvalue weighted by Crippen LogP contribution is -2.34. The fraction of sp³-hybridized carbons (Fsp3) is 1.00. The van der Waals surface area contributed by atoms with E-state index in [1.807, 2.05) is 0 Å². The standard InChI is InChI=1S/C11H24N2/c1-4-11(5-6-12)13(3)8-10-7-9(10)2/h9-11H,4-8,12H2,1-3H3. The lowest BCUT2D eigenvalue weighted by molar-refractivity contribution is 0.215. The molecule has 0 spiro atoms. The molecule has 13 heavy (non-hydrogen) atoms. The maximum Gasteiger partial charge on any atom is 0.0102 e. The van der Waals surface area contributed by atoms with Gasteiger partial charge in [0.05, 0.1) is 0 Å². The Morgan fingerprint density at radius 3 is 2.54 bits per heavy atom. The van der Waals surface area contributed by atoms with Gasteiger partial charge in [0, 0.05) is 12.6 Å². The van der Waals surface area contributed by atoms with Crippen LogP contribution in [0.3, 0.4) is 0 Å². The van der Waals surface area contributed by atoms with E-state index in [9.17, 15) is 0 Å². The van der Waals surface area contributed by atoms with Crippen LogP contribution in [0.1, 0.15) is 33.1 Å². The topological polar surface area (TPSA) is 29.3 Å². The molecule has 1 saturated carbocycles. The van der Waals surface area contributed by atoms with Gasteiger partial charge in [0.15, 0.2) is 0 Å². The van der Waals surface area contributed by atoms with E-state index in [1.54, 1.807) is 0 Å². The van der Waals surface area contributed by atoms with Gasteiger partial charge in [-0.3, -0.25) is 0 Å². The summed E-state index contributed by atoms with van der Waals surface area (Å²) < 4.78 is 0. The zero-order valence-corrected chi connectivity index (χ0v) is 9.29. The minimum Gasteiger partial charge on any atom is -0.330 e. The van der Waals surface area contributed by atoms with Crippen LogP contribution in [-0.4, -0.2) is 31.1 Å². The first-order valence-corrected chi connectivity index (χ1v) is 5.59. The third-order valence-corrected chi connectivity index (χ3v) is 3.39. The van der Waals surface area contributed by atoms with Crippen molar-refractivity contribution in [2.45, 2.75) is 39.2 Å². The Balaban J connectivity index is 2.22. The Morgan fingerprint density at radius 2 is 2.15 bits per heavy atom. The average molecular weight is 184 g/mol. The Hall–Kier alpha value is -0.0800. The molecule has 2 N–H and O–H groups in total. The second-order valence-electron chi connectivity index (χ2n) is 4.55. The first-order valence-electron chi connectivity index (χ1n) is 5.59. The molecule has 1 aliphatic rings. The molecule has 2 heteroatoms. The van der Waals surface area contributed by atoms with E-state index in [-0.39, 0.29) is 0 Å². The van der Waals surface area contributed by atoms with E-state index < -0.39 is 0 Å². The van der Waals surface area contributed by atoms with Crippen molar-refractivity contribution in [1.82, 2.24) is 4.90 Å². The van der Waals surface area contributed by atoms with Crippen molar-refractivity contribution in [3.8, 4) is 0 Å². The molecule has 3 unspecified atom stereocenters. The van der Waals surface area contributed by atoms with Crippen molar-refractivity contribution in [3.05, 3.63) is 0 Å². The van der Waals surface area contributed by atoms with Gasteiger partial charge in [-0.2, -0.15) is 0 Å². The van der Waals surface area contributed by atoms with Crippen LogP contribution in [-0.2, 0) is 0 Å². The van der Waals surface area contributed by atoms with E-state index in [4.69, 9.17) is 5.73 Å². The zero-order chi connectivity index (χ0) is 9.84. The monoisotopic (exact) mass is 184 g/mol. The van der Waals surface area contributed by atoms with Gasteiger partial charge in [-0.15, -0.1) is 0 Å². The number of hydrogen-bond acceptors (Lipinski definition) is 2. The highest BCUT2D eigenvalue weighted by Crippen LogP contribution is 2.38. The van der Waals surface area contributed by atoms with Gasteiger partial charge in [0.1, 0.15) is 0 Å². The fourth-order valence-corrected chi connectivity index (χ4v) is 2.10. The normalized spacial score (nSPS) is 29.3. The molecule has 0 amide bonds. The molecule has 0 heterocycles. The van der Waals surface area contributed by atoms with Crippen LogP contribution in [0.4, 0.5) is 0 Å². The molecule has 78 valence electrons. The molecule has 0 saturated heterocycles. The minimum atomic E-state index is 0.706. The molecule has 2 nitrogen and oxygen atoms in total. The largest absolute Gasteiger partial charge is 0.330 e. The van der Waals surface area contributed by atoms with Gasteiger partial charge >= 0.3 is 0 Å². The highest BCUT2D eigenvalue weighted by molar-refractivity contribution is 4.85. The number of nitrogens with zero attached hydrogens (tertiary/aromatic N) is 1. The summed E-state index contributed by atoms with van der Waals surface area (Å²) in [5, 5.41) is 0. The lowest BCUT2D eigenvalue weighted by Gasteiger charge is -2.26. The highest BCUT2D eigenvalue weighted by Gasteiger charge is 2.33. The smallest absolute Gasteiger partial charge is 0.0102 e. The Kier molecular flexibility index (Phi) is 4.20. The van der Waals surface area contributed by atoms with Crippen molar-refractivity contribution < 1.29 is 0 Å². The first kappa shape index (κ1) is 11.0. The first-order chi connectivity index (χ1) is 6.19. The minimum absolute atomic E-state index is 0.706. The Morgan fingerprint density at radius 1 is 1.54 bits per heavy atom. The summed E-state index contributed by atoms with van der Waals surface area (Å²) in [5.74, 6) is 1.94. The van der Waals surface area contributed by atoms with Crippen molar-refractivity contribution in [2.24, 2.45) is 17.6 Å². The number of rotatable bonds is 6. The van der Waals surface area contributed by atoms with E-state index in [1.165, 1.54) is 19.4 Å². The zero-order valence-electron chi connectivity index (χ0n) is 9.29. The molecule has 0 radical (unpaired) electrons. The summed E-state index contributed by atoms with van der Waals surface area (Å²) in [5.41, 5.74) is 5.59. The van der Waals surface area contributed by atoms with Gasteiger partial charge < -0.3 is 10.6 Å². The van der Waals surface area contributed by atoms with Crippen LogP contribution in [0.25, 0.3) is 0 Å². The molecule has 0 aromatic heterocycles. The molecule has 0 aromatic rings. The van der Waals surface area contributed by atoms with Crippen LogP contribution < -0.4 is 5.73 Å². The SMILES string of the molecule is CCC(CCN)N(C)CC1CC1C. The molecular weight excluding hydrogens is 160 g/mol. The molecule has 0 bridgehead atoms. The average Bonchev–Trinajstić information content (AvgIpc) is 2.77. The summed E-state index contributed by atoms with van der Waals surface area (Å²) >= 11 is 0. The molecule has 0 aliphatic heterocycles. The Bertz CT molecular complexity index is 147. The third-order valence-electron chi connectivity index (χ3n) is 3.39. The molecule has 1 aliphatic carbocycles. The van der Waals surface area contributed by atoms with Crippen LogP contribution in [0.15, 0.2) is 0 Å². The van der Waals surface area contributed by atoms with Gasteiger partial charge in [-0.1, -0.05) is 13.8 Å². The van der Waals surface area contributed by atoms with Gasteiger partial charge in [-0.25, -0.2) is 0 Å². The third kappa shape index (κ3) is 3.28. The summed E-state index contributed by atoms with van der Waals surface area (Å²) in [4.78, 5) is 2.50. The Labute approximate surface area is 82.5 Å². The number of hydrogen-bond donors (Lipinski definition) is 1. The van der Waals surface area contributed by atoms with Crippen molar-refractivity contribution >= 4 is 0 Å². The lowest BCUT2D eigenvalue weighted by atomic mass is 10.1. The quantitative estimate of drug-likeness (QED) is 0.681. The van der Waals surface area contributed by atoms with Gasteiger partial charge in [0.25, 0.3) is 0 Å². The fourth-order valence-electron chi connectivity index (χ4n) is 2.10. The predicted molar refractivity (Wildman–Crippen MR) is 57.7 cm³/mol. The molecule has 3 atom stereocenters. The summed E-state index contributed by atoms with van der Waals surface area (Å²) in [6.45, 7) is 6.71. The van der Waals surface area contributed by atoms with E-state index in [2.05, 4.69) is 25.8 Å². The molecule has 0 aromatic carbocycles. The van der Waals surface area contributed by atoms with Crippen LogP contribution in [0, 0.1) is 11.8 Å². The van der Waals surface area contributed by atoms with Crippen molar-refractivity contribution in [3.63, 3.8) is 0 Å². The highest BCUT2D eigenvalue weighted by atomic mass is 15.1. The predicted octanol–water partition coefficient (Wildman–Crippen LogP) is 1.70. The van der Waals surface area contributed by atoms with E-state index >= 15 is 0 Å². The summed E-state index contributed by atoms with van der Waals surface area (Å²) in [6.07, 6.45) is 3.81. The van der Waals surface area contributed by atoms with E-state index in [0.717, 1.165) is 24.8 Å². The van der Waals surface area contributed by atoms with Gasteiger partial charge in [-0.05, 0) is 44.7 Å². The van der Waals surface area contributed by atoms with Crippen LogP contribution in [0.5, 0.6) is 0 Å². The van der Waals surface area contributed by atoms with Crippen molar-refractivity contribution in [1.29, 1.82) is 0 Å². The van der Waals surface area contributed by atoms with Crippen molar-refractivity contribution in [2.75, 3.05) is 20.1 Å². The second kappa shape index (κ2) is 4.97. The van der Waals surface area contributed by atoms with E-state index in [0.29, 0.717) is 6.04 Å². The molecular formula is C11H24N2. The molecule has 1 fully saturated rings.